The first kappa shape index (κ1) is 16.0. The van der Waals surface area contributed by atoms with Gasteiger partial charge in [0.2, 0.25) is 0 Å². The highest BCUT2D eigenvalue weighted by Gasteiger charge is 2.16. The van der Waals surface area contributed by atoms with E-state index in [4.69, 9.17) is 0 Å². The molecule has 0 bridgehead atoms. The van der Waals surface area contributed by atoms with Crippen molar-refractivity contribution in [2.75, 3.05) is 0 Å². The van der Waals surface area contributed by atoms with Crippen LogP contribution < -0.4 is 0 Å². The summed E-state index contributed by atoms with van der Waals surface area (Å²) in [4.78, 5) is 11.4. The SMILES string of the molecule is C/C(=C\CC(CCc1ccccc1)C(=O)O)c1ccccc1. The van der Waals surface area contributed by atoms with Crippen LogP contribution in [-0.2, 0) is 11.2 Å². The lowest BCUT2D eigenvalue weighted by atomic mass is 9.94. The van der Waals surface area contributed by atoms with Crippen LogP contribution in [0.4, 0.5) is 0 Å². The predicted molar refractivity (Wildman–Crippen MR) is 90.6 cm³/mol. The van der Waals surface area contributed by atoms with Gasteiger partial charge in [-0.05, 0) is 42.9 Å². The maximum atomic E-state index is 11.4. The van der Waals surface area contributed by atoms with E-state index in [0.717, 1.165) is 17.6 Å². The van der Waals surface area contributed by atoms with Crippen molar-refractivity contribution in [3.63, 3.8) is 0 Å². The molecule has 0 spiro atoms. The Kier molecular flexibility index (Phi) is 5.96. The summed E-state index contributed by atoms with van der Waals surface area (Å²) in [6.07, 6.45) is 4.08. The quantitative estimate of drug-likeness (QED) is 0.795. The predicted octanol–water partition coefficient (Wildman–Crippen LogP) is 4.81. The highest BCUT2D eigenvalue weighted by molar-refractivity contribution is 5.71. The zero-order valence-electron chi connectivity index (χ0n) is 12.9. The number of aryl methyl sites for hydroxylation is 1. The van der Waals surface area contributed by atoms with Crippen LogP contribution in [0.3, 0.4) is 0 Å². The average Bonchev–Trinajstić information content (AvgIpc) is 2.56. The van der Waals surface area contributed by atoms with E-state index in [-0.39, 0.29) is 5.92 Å². The summed E-state index contributed by atoms with van der Waals surface area (Å²) in [6.45, 7) is 2.03. The topological polar surface area (TPSA) is 37.3 Å². The molecule has 2 nitrogen and oxygen atoms in total. The molecule has 0 aliphatic rings. The molecule has 1 N–H and O–H groups in total. The maximum Gasteiger partial charge on any atom is 0.306 e. The second kappa shape index (κ2) is 8.18. The molecular weight excluding hydrogens is 272 g/mol. The van der Waals surface area contributed by atoms with Crippen molar-refractivity contribution in [1.29, 1.82) is 0 Å². The van der Waals surface area contributed by atoms with Crippen LogP contribution in [0, 0.1) is 5.92 Å². The summed E-state index contributed by atoms with van der Waals surface area (Å²) in [6, 6.07) is 20.1. The van der Waals surface area contributed by atoms with E-state index < -0.39 is 5.97 Å². The summed E-state index contributed by atoms with van der Waals surface area (Å²) < 4.78 is 0. The van der Waals surface area contributed by atoms with Crippen LogP contribution >= 0.6 is 0 Å². The van der Waals surface area contributed by atoms with Crippen molar-refractivity contribution < 1.29 is 9.90 Å². The Balaban J connectivity index is 1.96. The van der Waals surface area contributed by atoms with Crippen LogP contribution in [0.5, 0.6) is 0 Å². The molecule has 2 heteroatoms. The molecule has 0 amide bonds. The van der Waals surface area contributed by atoms with Crippen LogP contribution in [0.1, 0.15) is 30.9 Å². The Morgan fingerprint density at radius 1 is 1.05 bits per heavy atom. The van der Waals surface area contributed by atoms with Crippen molar-refractivity contribution in [2.45, 2.75) is 26.2 Å². The van der Waals surface area contributed by atoms with Gasteiger partial charge in [0.15, 0.2) is 0 Å². The van der Waals surface area contributed by atoms with Crippen LogP contribution in [-0.4, -0.2) is 11.1 Å². The van der Waals surface area contributed by atoms with Gasteiger partial charge in [0, 0.05) is 0 Å². The molecule has 2 aromatic carbocycles. The van der Waals surface area contributed by atoms with Gasteiger partial charge in [-0.2, -0.15) is 0 Å². The van der Waals surface area contributed by atoms with Gasteiger partial charge >= 0.3 is 5.97 Å². The minimum Gasteiger partial charge on any atom is -0.481 e. The fourth-order valence-corrected chi connectivity index (χ4v) is 2.47. The smallest absolute Gasteiger partial charge is 0.306 e. The number of aliphatic carboxylic acids is 1. The summed E-state index contributed by atoms with van der Waals surface area (Å²) in [5.41, 5.74) is 3.47. The molecule has 0 saturated heterocycles. The van der Waals surface area contributed by atoms with Crippen molar-refractivity contribution in [3.05, 3.63) is 77.9 Å². The molecular formula is C20H22O2. The van der Waals surface area contributed by atoms with Gasteiger partial charge in [-0.25, -0.2) is 0 Å². The summed E-state index contributed by atoms with van der Waals surface area (Å²) in [7, 11) is 0. The fraction of sp³-hybridized carbons (Fsp3) is 0.250. The number of carbonyl (C=O) groups is 1. The zero-order valence-corrected chi connectivity index (χ0v) is 12.9. The number of rotatable bonds is 7. The van der Waals surface area contributed by atoms with Gasteiger partial charge in [-0.1, -0.05) is 66.7 Å². The molecule has 0 aliphatic carbocycles. The number of benzene rings is 2. The molecule has 1 unspecified atom stereocenters. The molecule has 114 valence electrons. The largest absolute Gasteiger partial charge is 0.481 e. The lowest BCUT2D eigenvalue weighted by Crippen LogP contribution is -2.14. The first-order valence-electron chi connectivity index (χ1n) is 7.65. The highest BCUT2D eigenvalue weighted by atomic mass is 16.4. The number of hydrogen-bond acceptors (Lipinski definition) is 1. The minimum atomic E-state index is -0.715. The molecule has 2 rings (SSSR count). The van der Waals surface area contributed by atoms with Gasteiger partial charge in [-0.3, -0.25) is 4.79 Å². The van der Waals surface area contributed by atoms with E-state index in [9.17, 15) is 9.90 Å². The van der Waals surface area contributed by atoms with Gasteiger partial charge in [0.25, 0.3) is 0 Å². The van der Waals surface area contributed by atoms with Gasteiger partial charge in [0.05, 0.1) is 5.92 Å². The van der Waals surface area contributed by atoms with E-state index in [1.165, 1.54) is 5.56 Å². The van der Waals surface area contributed by atoms with Crippen molar-refractivity contribution >= 4 is 11.5 Å². The van der Waals surface area contributed by atoms with Crippen molar-refractivity contribution in [2.24, 2.45) is 5.92 Å². The zero-order chi connectivity index (χ0) is 15.8. The molecule has 0 aromatic heterocycles. The van der Waals surface area contributed by atoms with E-state index >= 15 is 0 Å². The fourth-order valence-electron chi connectivity index (χ4n) is 2.47. The Labute approximate surface area is 132 Å². The molecule has 0 aliphatic heterocycles. The lowest BCUT2D eigenvalue weighted by Gasteiger charge is -2.11. The third kappa shape index (κ3) is 4.88. The molecule has 0 saturated carbocycles. The van der Waals surface area contributed by atoms with E-state index in [2.05, 4.69) is 0 Å². The molecule has 2 aromatic rings. The molecule has 0 fully saturated rings. The lowest BCUT2D eigenvalue weighted by molar-refractivity contribution is -0.141. The first-order valence-corrected chi connectivity index (χ1v) is 7.65. The summed E-state index contributed by atoms with van der Waals surface area (Å²) in [5, 5.41) is 9.41. The van der Waals surface area contributed by atoms with Crippen molar-refractivity contribution in [3.8, 4) is 0 Å². The Hall–Kier alpha value is -2.35. The van der Waals surface area contributed by atoms with Crippen LogP contribution in [0.25, 0.3) is 5.57 Å². The summed E-state index contributed by atoms with van der Waals surface area (Å²) in [5.74, 6) is -1.05. The third-order valence-corrected chi connectivity index (χ3v) is 3.91. The second-order valence-corrected chi connectivity index (χ2v) is 5.55. The van der Waals surface area contributed by atoms with Crippen LogP contribution in [0.15, 0.2) is 66.7 Å². The molecule has 0 radical (unpaired) electrons. The van der Waals surface area contributed by atoms with E-state index in [0.29, 0.717) is 12.8 Å². The molecule has 1 atom stereocenters. The van der Waals surface area contributed by atoms with Gasteiger partial charge in [-0.15, -0.1) is 0 Å². The Morgan fingerprint density at radius 2 is 1.64 bits per heavy atom. The maximum absolute atomic E-state index is 11.4. The highest BCUT2D eigenvalue weighted by Crippen LogP contribution is 2.19. The van der Waals surface area contributed by atoms with Gasteiger partial charge in [0.1, 0.15) is 0 Å². The molecule has 0 heterocycles. The molecule has 22 heavy (non-hydrogen) atoms. The average molecular weight is 294 g/mol. The monoisotopic (exact) mass is 294 g/mol. The number of allylic oxidation sites excluding steroid dienone is 2. The number of carboxylic acids is 1. The standard InChI is InChI=1S/C20H22O2/c1-16(18-10-6-3-7-11-18)12-14-19(20(21)22)15-13-17-8-4-2-5-9-17/h2-12,19H,13-15H2,1H3,(H,21,22)/b16-12+. The van der Waals surface area contributed by atoms with E-state index in [1.54, 1.807) is 0 Å². The van der Waals surface area contributed by atoms with Crippen molar-refractivity contribution in [1.82, 2.24) is 0 Å². The van der Waals surface area contributed by atoms with E-state index in [1.807, 2.05) is 73.7 Å². The third-order valence-electron chi connectivity index (χ3n) is 3.91. The Bertz CT molecular complexity index is 615. The minimum absolute atomic E-state index is 0.334. The van der Waals surface area contributed by atoms with Crippen LogP contribution in [0.2, 0.25) is 0 Å². The first-order chi connectivity index (χ1) is 10.7. The Morgan fingerprint density at radius 3 is 2.23 bits per heavy atom. The number of hydrogen-bond donors (Lipinski definition) is 1. The van der Waals surface area contributed by atoms with Gasteiger partial charge < -0.3 is 5.11 Å². The number of carboxylic acid groups (broad SMARTS) is 1. The summed E-state index contributed by atoms with van der Waals surface area (Å²) >= 11 is 0. The normalized spacial score (nSPS) is 12.9. The second-order valence-electron chi connectivity index (χ2n) is 5.55.